The maximum absolute atomic E-state index is 12.3. The number of anilines is 2. The summed E-state index contributed by atoms with van der Waals surface area (Å²) in [5, 5.41) is 8.62. The van der Waals surface area contributed by atoms with Crippen LogP contribution in [-0.2, 0) is 13.0 Å². The van der Waals surface area contributed by atoms with Gasteiger partial charge in [-0.3, -0.25) is 9.48 Å². The molecule has 2 aromatic heterocycles. The number of aromatic nitrogens is 3. The number of fused-ring (bicyclic) bond motifs is 2. The molecule has 2 N–H and O–H groups in total. The predicted octanol–water partition coefficient (Wildman–Crippen LogP) is 2.81. The third-order valence-corrected chi connectivity index (χ3v) is 4.75. The molecule has 1 aromatic carbocycles. The van der Waals surface area contributed by atoms with E-state index in [2.05, 4.69) is 21.5 Å². The van der Waals surface area contributed by atoms with Crippen LogP contribution in [0.25, 0.3) is 10.9 Å². The Hall–Kier alpha value is -2.76. The lowest BCUT2D eigenvalue weighted by Gasteiger charge is -2.05. The minimum atomic E-state index is -0.110. The lowest BCUT2D eigenvalue weighted by atomic mass is 10.1. The standard InChI is InChI=1S/C18H18N4O2/c23-18-16-14(5-7-19-18)22(10-11-1-2-11)21-17(16)20-13-3-4-15-12(9-13)6-8-24-15/h3-5,7,9,11H,1-2,6,8,10H2,(H,19,23)(H,20,21). The van der Waals surface area contributed by atoms with Crippen LogP contribution in [0.3, 0.4) is 0 Å². The molecule has 2 aliphatic rings. The first kappa shape index (κ1) is 13.7. The molecule has 5 rings (SSSR count). The second-order valence-electron chi connectivity index (χ2n) is 6.59. The van der Waals surface area contributed by atoms with Crippen LogP contribution in [0.4, 0.5) is 11.5 Å². The van der Waals surface area contributed by atoms with E-state index in [1.165, 1.54) is 18.4 Å². The number of benzene rings is 1. The van der Waals surface area contributed by atoms with E-state index in [1.54, 1.807) is 6.20 Å². The van der Waals surface area contributed by atoms with Crippen molar-refractivity contribution in [3.05, 3.63) is 46.4 Å². The molecule has 0 saturated heterocycles. The van der Waals surface area contributed by atoms with E-state index < -0.39 is 0 Å². The molecule has 3 heterocycles. The van der Waals surface area contributed by atoms with Crippen LogP contribution in [0.2, 0.25) is 0 Å². The van der Waals surface area contributed by atoms with Gasteiger partial charge >= 0.3 is 0 Å². The van der Waals surface area contributed by atoms with Gasteiger partial charge in [0.05, 0.1) is 12.1 Å². The van der Waals surface area contributed by atoms with Gasteiger partial charge in [0.15, 0.2) is 5.82 Å². The topological polar surface area (TPSA) is 71.9 Å². The van der Waals surface area contributed by atoms with Gasteiger partial charge in [0.2, 0.25) is 0 Å². The lowest BCUT2D eigenvalue weighted by Crippen LogP contribution is -2.06. The zero-order valence-corrected chi connectivity index (χ0v) is 13.2. The quantitative estimate of drug-likeness (QED) is 0.775. The van der Waals surface area contributed by atoms with Crippen molar-refractivity contribution in [2.45, 2.75) is 25.8 Å². The average molecular weight is 322 g/mol. The molecular formula is C18H18N4O2. The highest BCUT2D eigenvalue weighted by Gasteiger charge is 2.24. The third-order valence-electron chi connectivity index (χ3n) is 4.75. The van der Waals surface area contributed by atoms with Gasteiger partial charge in [0.1, 0.15) is 11.1 Å². The smallest absolute Gasteiger partial charge is 0.261 e. The zero-order valence-electron chi connectivity index (χ0n) is 13.2. The number of pyridine rings is 1. The van der Waals surface area contributed by atoms with Crippen molar-refractivity contribution in [2.75, 3.05) is 11.9 Å². The SMILES string of the molecule is O=c1[nH]ccc2c1c(Nc1ccc3c(c1)CCO3)nn2CC1CC1. The number of hydrogen-bond donors (Lipinski definition) is 2. The third kappa shape index (κ3) is 2.26. The van der Waals surface area contributed by atoms with Crippen LogP contribution >= 0.6 is 0 Å². The first-order valence-electron chi connectivity index (χ1n) is 8.39. The first-order valence-corrected chi connectivity index (χ1v) is 8.39. The minimum absolute atomic E-state index is 0.110. The summed E-state index contributed by atoms with van der Waals surface area (Å²) in [7, 11) is 0. The van der Waals surface area contributed by atoms with E-state index in [9.17, 15) is 4.79 Å². The van der Waals surface area contributed by atoms with Crippen molar-refractivity contribution in [2.24, 2.45) is 5.92 Å². The highest BCUT2D eigenvalue weighted by Crippen LogP contribution is 2.33. The molecule has 24 heavy (non-hydrogen) atoms. The van der Waals surface area contributed by atoms with Gasteiger partial charge in [-0.15, -0.1) is 0 Å². The van der Waals surface area contributed by atoms with Gasteiger partial charge in [-0.2, -0.15) is 5.10 Å². The second kappa shape index (κ2) is 5.12. The number of rotatable bonds is 4. The summed E-state index contributed by atoms with van der Waals surface area (Å²) in [5.74, 6) is 2.26. The Morgan fingerprint density at radius 2 is 2.25 bits per heavy atom. The van der Waals surface area contributed by atoms with Gasteiger partial charge in [-0.05, 0) is 48.6 Å². The van der Waals surface area contributed by atoms with Crippen molar-refractivity contribution < 1.29 is 4.74 Å². The molecule has 3 aromatic rings. The van der Waals surface area contributed by atoms with Crippen molar-refractivity contribution in [1.29, 1.82) is 0 Å². The largest absolute Gasteiger partial charge is 0.493 e. The molecule has 0 amide bonds. The lowest BCUT2D eigenvalue weighted by molar-refractivity contribution is 0.357. The van der Waals surface area contributed by atoms with Crippen LogP contribution in [0, 0.1) is 5.92 Å². The maximum Gasteiger partial charge on any atom is 0.261 e. The Kier molecular flexibility index (Phi) is 2.92. The second-order valence-corrected chi connectivity index (χ2v) is 6.59. The highest BCUT2D eigenvalue weighted by atomic mass is 16.5. The number of aromatic amines is 1. The van der Waals surface area contributed by atoms with Crippen LogP contribution in [0.15, 0.2) is 35.3 Å². The van der Waals surface area contributed by atoms with E-state index in [1.807, 2.05) is 22.9 Å². The zero-order chi connectivity index (χ0) is 16.1. The molecule has 0 unspecified atom stereocenters. The summed E-state index contributed by atoms with van der Waals surface area (Å²) in [6.07, 6.45) is 5.10. The van der Waals surface area contributed by atoms with Crippen LogP contribution < -0.4 is 15.6 Å². The fourth-order valence-corrected chi connectivity index (χ4v) is 3.31. The Labute approximate surface area is 138 Å². The Morgan fingerprint density at radius 3 is 3.12 bits per heavy atom. The summed E-state index contributed by atoms with van der Waals surface area (Å²) < 4.78 is 7.50. The molecule has 6 nitrogen and oxygen atoms in total. The molecule has 6 heteroatoms. The summed E-state index contributed by atoms with van der Waals surface area (Å²) >= 11 is 0. The molecule has 0 radical (unpaired) electrons. The first-order chi connectivity index (χ1) is 11.8. The number of nitrogens with one attached hydrogen (secondary N) is 2. The van der Waals surface area contributed by atoms with Crippen LogP contribution in [-0.4, -0.2) is 21.4 Å². The number of nitrogens with zero attached hydrogens (tertiary/aromatic N) is 2. The maximum atomic E-state index is 12.3. The van der Waals surface area contributed by atoms with Crippen LogP contribution in [0.5, 0.6) is 5.75 Å². The molecule has 122 valence electrons. The van der Waals surface area contributed by atoms with Crippen molar-refractivity contribution in [1.82, 2.24) is 14.8 Å². The van der Waals surface area contributed by atoms with E-state index in [0.29, 0.717) is 17.1 Å². The number of H-pyrrole nitrogens is 1. The molecular weight excluding hydrogens is 304 g/mol. The fourth-order valence-electron chi connectivity index (χ4n) is 3.31. The summed E-state index contributed by atoms with van der Waals surface area (Å²) in [6, 6.07) is 7.93. The normalized spacial score (nSPS) is 16.2. The average Bonchev–Trinajstić information content (AvgIpc) is 3.15. The molecule has 1 aliphatic carbocycles. The number of hydrogen-bond acceptors (Lipinski definition) is 4. The predicted molar refractivity (Wildman–Crippen MR) is 92.0 cm³/mol. The molecule has 1 fully saturated rings. The van der Waals surface area contributed by atoms with E-state index >= 15 is 0 Å². The van der Waals surface area contributed by atoms with Gasteiger partial charge < -0.3 is 15.0 Å². The Balaban J connectivity index is 1.57. The van der Waals surface area contributed by atoms with E-state index in [0.717, 1.165) is 36.5 Å². The minimum Gasteiger partial charge on any atom is -0.493 e. The Bertz CT molecular complexity index is 984. The summed E-state index contributed by atoms with van der Waals surface area (Å²) in [4.78, 5) is 15.1. The van der Waals surface area contributed by atoms with Gasteiger partial charge in [-0.25, -0.2) is 0 Å². The molecule has 0 atom stereocenters. The molecule has 0 bridgehead atoms. The van der Waals surface area contributed by atoms with Crippen LogP contribution in [0.1, 0.15) is 18.4 Å². The summed E-state index contributed by atoms with van der Waals surface area (Å²) in [6.45, 7) is 1.61. The van der Waals surface area contributed by atoms with Crippen molar-refractivity contribution >= 4 is 22.4 Å². The highest BCUT2D eigenvalue weighted by molar-refractivity contribution is 5.91. The van der Waals surface area contributed by atoms with E-state index in [4.69, 9.17) is 4.74 Å². The van der Waals surface area contributed by atoms with E-state index in [-0.39, 0.29) is 5.56 Å². The fraction of sp³-hybridized carbons (Fsp3) is 0.333. The van der Waals surface area contributed by atoms with Crippen molar-refractivity contribution in [3.8, 4) is 5.75 Å². The monoisotopic (exact) mass is 322 g/mol. The Morgan fingerprint density at radius 1 is 1.33 bits per heavy atom. The van der Waals surface area contributed by atoms with Gasteiger partial charge in [0.25, 0.3) is 5.56 Å². The molecule has 0 spiro atoms. The molecule has 1 aliphatic heterocycles. The summed E-state index contributed by atoms with van der Waals surface area (Å²) in [5.41, 5.74) is 2.90. The number of ether oxygens (including phenoxy) is 1. The van der Waals surface area contributed by atoms with Gasteiger partial charge in [0, 0.05) is 24.8 Å². The molecule has 1 saturated carbocycles. The van der Waals surface area contributed by atoms with Gasteiger partial charge in [-0.1, -0.05) is 0 Å². The van der Waals surface area contributed by atoms with Crippen molar-refractivity contribution in [3.63, 3.8) is 0 Å².